The Kier molecular flexibility index (Phi) is 5.65. The van der Waals surface area contributed by atoms with E-state index in [0.717, 1.165) is 6.42 Å². The highest BCUT2D eigenvalue weighted by molar-refractivity contribution is 5.67. The Labute approximate surface area is 92.6 Å². The molecule has 0 aliphatic carbocycles. The lowest BCUT2D eigenvalue weighted by atomic mass is 10.0. The van der Waals surface area contributed by atoms with Crippen molar-refractivity contribution < 1.29 is 9.53 Å². The summed E-state index contributed by atoms with van der Waals surface area (Å²) in [5, 5.41) is 2.68. The van der Waals surface area contributed by atoms with Gasteiger partial charge in [-0.2, -0.15) is 0 Å². The van der Waals surface area contributed by atoms with Crippen LogP contribution in [-0.2, 0) is 4.74 Å². The van der Waals surface area contributed by atoms with Gasteiger partial charge in [-0.05, 0) is 33.1 Å². The first-order chi connectivity index (χ1) is 6.72. The van der Waals surface area contributed by atoms with Crippen LogP contribution in [0.25, 0.3) is 0 Å². The minimum atomic E-state index is -0.440. The van der Waals surface area contributed by atoms with E-state index in [-0.39, 0.29) is 12.1 Å². The van der Waals surface area contributed by atoms with Crippen LogP contribution in [0.15, 0.2) is 0 Å². The number of ether oxygens (including phenoxy) is 1. The van der Waals surface area contributed by atoms with E-state index < -0.39 is 5.60 Å². The van der Waals surface area contributed by atoms with E-state index in [0.29, 0.717) is 12.5 Å². The van der Waals surface area contributed by atoms with Crippen molar-refractivity contribution in [1.29, 1.82) is 0 Å². The summed E-state index contributed by atoms with van der Waals surface area (Å²) in [4.78, 5) is 11.2. The number of nitrogens with one attached hydrogen (secondary N) is 1. The van der Waals surface area contributed by atoms with Gasteiger partial charge in [0.1, 0.15) is 5.60 Å². The zero-order chi connectivity index (χ0) is 12.1. The van der Waals surface area contributed by atoms with Gasteiger partial charge in [0.25, 0.3) is 0 Å². The molecule has 0 fully saturated rings. The van der Waals surface area contributed by atoms with Crippen LogP contribution in [-0.4, -0.2) is 24.3 Å². The number of rotatable bonds is 4. The first kappa shape index (κ1) is 14.2. The third-order valence-electron chi connectivity index (χ3n) is 2.00. The second-order valence-electron chi connectivity index (χ2n) is 5.13. The van der Waals surface area contributed by atoms with Crippen molar-refractivity contribution >= 4 is 6.09 Å². The topological polar surface area (TPSA) is 64.3 Å². The van der Waals surface area contributed by atoms with Crippen LogP contribution in [0, 0.1) is 5.92 Å². The summed E-state index contributed by atoms with van der Waals surface area (Å²) in [6.07, 6.45) is 0.398. The lowest BCUT2D eigenvalue weighted by molar-refractivity contribution is 0.0526. The summed E-state index contributed by atoms with van der Waals surface area (Å²) in [6, 6.07) is 0.125. The fourth-order valence-electron chi connectivity index (χ4n) is 0.988. The molecule has 0 aromatic heterocycles. The molecule has 4 heteroatoms. The average Bonchev–Trinajstić information content (AvgIpc) is 2.00. The molecule has 1 unspecified atom stereocenters. The molecule has 0 heterocycles. The first-order valence-corrected chi connectivity index (χ1v) is 5.45. The van der Waals surface area contributed by atoms with E-state index in [1.807, 2.05) is 20.8 Å². The van der Waals surface area contributed by atoms with E-state index in [9.17, 15) is 4.79 Å². The summed E-state index contributed by atoms with van der Waals surface area (Å²) in [6.45, 7) is 10.2. The van der Waals surface area contributed by atoms with Crippen LogP contribution in [0.2, 0.25) is 0 Å². The maximum atomic E-state index is 11.2. The molecule has 0 saturated carbocycles. The molecule has 0 radical (unpaired) electrons. The number of amides is 1. The van der Waals surface area contributed by atoms with Crippen molar-refractivity contribution in [2.75, 3.05) is 6.54 Å². The van der Waals surface area contributed by atoms with E-state index >= 15 is 0 Å². The molecular weight excluding hydrogens is 192 g/mol. The van der Waals surface area contributed by atoms with E-state index in [1.54, 1.807) is 0 Å². The molecule has 1 atom stereocenters. The molecule has 90 valence electrons. The van der Waals surface area contributed by atoms with Crippen LogP contribution in [0.1, 0.15) is 41.0 Å². The number of alkyl carbamates (subject to hydrolysis) is 1. The average molecular weight is 216 g/mol. The van der Waals surface area contributed by atoms with Gasteiger partial charge < -0.3 is 15.8 Å². The fraction of sp³-hybridized carbons (Fsp3) is 0.909. The van der Waals surface area contributed by atoms with Gasteiger partial charge in [0.15, 0.2) is 0 Å². The van der Waals surface area contributed by atoms with Crippen molar-refractivity contribution in [3.05, 3.63) is 0 Å². The maximum absolute atomic E-state index is 11.2. The molecule has 0 aliphatic heterocycles. The second-order valence-corrected chi connectivity index (χ2v) is 5.13. The Morgan fingerprint density at radius 3 is 2.33 bits per heavy atom. The highest BCUT2D eigenvalue weighted by atomic mass is 16.6. The number of hydrogen-bond donors (Lipinski definition) is 2. The summed E-state index contributed by atoms with van der Waals surface area (Å²) < 4.78 is 5.09. The minimum Gasteiger partial charge on any atom is -0.444 e. The Morgan fingerprint density at radius 2 is 1.93 bits per heavy atom. The van der Waals surface area contributed by atoms with Gasteiger partial charge in [0.2, 0.25) is 0 Å². The quantitative estimate of drug-likeness (QED) is 0.754. The molecule has 0 bridgehead atoms. The fourth-order valence-corrected chi connectivity index (χ4v) is 0.988. The summed E-state index contributed by atoms with van der Waals surface area (Å²) in [5.41, 5.74) is 5.40. The standard InChI is InChI=1S/C11H24N2O2/c1-8(2)9(12)6-7-13-10(14)15-11(3,4)5/h8-9H,6-7,12H2,1-5H3,(H,13,14). The normalized spacial score (nSPS) is 13.8. The summed E-state index contributed by atoms with van der Waals surface area (Å²) in [5.74, 6) is 0.436. The molecular formula is C11H24N2O2. The Bertz CT molecular complexity index is 197. The molecule has 1 amide bonds. The molecule has 0 aromatic rings. The van der Waals surface area contributed by atoms with Crippen LogP contribution in [0.3, 0.4) is 0 Å². The lowest BCUT2D eigenvalue weighted by Gasteiger charge is -2.20. The number of carbonyl (C=O) groups is 1. The zero-order valence-corrected chi connectivity index (χ0v) is 10.5. The van der Waals surface area contributed by atoms with Gasteiger partial charge >= 0.3 is 6.09 Å². The van der Waals surface area contributed by atoms with Crippen LogP contribution in [0.4, 0.5) is 4.79 Å². The maximum Gasteiger partial charge on any atom is 0.407 e. The van der Waals surface area contributed by atoms with Crippen molar-refractivity contribution in [1.82, 2.24) is 5.32 Å². The van der Waals surface area contributed by atoms with E-state index in [1.165, 1.54) is 0 Å². The predicted molar refractivity (Wildman–Crippen MR) is 61.7 cm³/mol. The molecule has 0 rings (SSSR count). The van der Waals surface area contributed by atoms with Gasteiger partial charge in [-0.1, -0.05) is 13.8 Å². The highest BCUT2D eigenvalue weighted by Crippen LogP contribution is 2.06. The smallest absolute Gasteiger partial charge is 0.407 e. The van der Waals surface area contributed by atoms with Gasteiger partial charge in [0.05, 0.1) is 0 Å². The van der Waals surface area contributed by atoms with Crippen molar-refractivity contribution in [3.8, 4) is 0 Å². The molecule has 0 aliphatic rings. The number of nitrogens with two attached hydrogens (primary N) is 1. The van der Waals surface area contributed by atoms with Crippen LogP contribution >= 0.6 is 0 Å². The Morgan fingerprint density at radius 1 is 1.40 bits per heavy atom. The first-order valence-electron chi connectivity index (χ1n) is 5.45. The monoisotopic (exact) mass is 216 g/mol. The van der Waals surface area contributed by atoms with Gasteiger partial charge in [-0.15, -0.1) is 0 Å². The third-order valence-corrected chi connectivity index (χ3v) is 2.00. The second kappa shape index (κ2) is 5.95. The zero-order valence-electron chi connectivity index (χ0n) is 10.5. The molecule has 0 aromatic carbocycles. The SMILES string of the molecule is CC(C)C(N)CCNC(=O)OC(C)(C)C. The Balaban J connectivity index is 3.65. The Hall–Kier alpha value is -0.770. The van der Waals surface area contributed by atoms with Gasteiger partial charge in [-0.3, -0.25) is 0 Å². The highest BCUT2D eigenvalue weighted by Gasteiger charge is 2.16. The number of carbonyl (C=O) groups excluding carboxylic acids is 1. The molecule has 4 nitrogen and oxygen atoms in total. The van der Waals surface area contributed by atoms with Crippen molar-refractivity contribution in [3.63, 3.8) is 0 Å². The number of hydrogen-bond acceptors (Lipinski definition) is 3. The van der Waals surface area contributed by atoms with Crippen molar-refractivity contribution in [2.45, 2.75) is 52.7 Å². The van der Waals surface area contributed by atoms with Gasteiger partial charge in [0, 0.05) is 12.6 Å². The summed E-state index contributed by atoms with van der Waals surface area (Å²) >= 11 is 0. The molecule has 0 spiro atoms. The van der Waals surface area contributed by atoms with Crippen LogP contribution in [0.5, 0.6) is 0 Å². The molecule has 0 saturated heterocycles. The lowest BCUT2D eigenvalue weighted by Crippen LogP contribution is -2.36. The largest absolute Gasteiger partial charge is 0.444 e. The van der Waals surface area contributed by atoms with Crippen molar-refractivity contribution in [2.24, 2.45) is 11.7 Å². The third kappa shape index (κ3) is 8.24. The molecule has 3 N–H and O–H groups in total. The predicted octanol–water partition coefficient (Wildman–Crippen LogP) is 1.88. The van der Waals surface area contributed by atoms with Gasteiger partial charge in [-0.25, -0.2) is 4.79 Å². The molecule has 15 heavy (non-hydrogen) atoms. The van der Waals surface area contributed by atoms with E-state index in [4.69, 9.17) is 10.5 Å². The summed E-state index contributed by atoms with van der Waals surface area (Å²) in [7, 11) is 0. The minimum absolute atomic E-state index is 0.125. The van der Waals surface area contributed by atoms with Crippen LogP contribution < -0.4 is 11.1 Å². The van der Waals surface area contributed by atoms with E-state index in [2.05, 4.69) is 19.2 Å².